The maximum absolute atomic E-state index is 10.3. The van der Waals surface area contributed by atoms with Gasteiger partial charge in [0.1, 0.15) is 0 Å². The van der Waals surface area contributed by atoms with Crippen molar-refractivity contribution in [3.63, 3.8) is 0 Å². The predicted molar refractivity (Wildman–Crippen MR) is 174 cm³/mol. The van der Waals surface area contributed by atoms with Crippen molar-refractivity contribution in [2.45, 2.75) is 194 Å². The molecule has 0 spiro atoms. The Morgan fingerprint density at radius 3 is 0.854 bits per heavy atom. The van der Waals surface area contributed by atoms with Crippen LogP contribution < -0.4 is 0 Å². The Balaban J connectivity index is -0.000000688. The molecule has 0 aliphatic carbocycles. The first-order valence-corrected chi connectivity index (χ1v) is 17.3. The number of carboxylic acid groups (broad SMARTS) is 2. The van der Waals surface area contributed by atoms with Gasteiger partial charge in [-0.25, -0.2) is 0 Å². The Morgan fingerprint density at radius 2 is 0.610 bits per heavy atom. The Labute approximate surface area is 268 Å². The first kappa shape index (κ1) is 44.5. The summed E-state index contributed by atoms with van der Waals surface area (Å²) in [5, 5.41) is 17.0. The summed E-state index contributed by atoms with van der Waals surface area (Å²) in [6.07, 6.45) is 42.5. The predicted octanol–water partition coefficient (Wildman–Crippen LogP) is 12.2. The van der Waals surface area contributed by atoms with E-state index < -0.39 is 11.9 Å². The van der Waals surface area contributed by atoms with Crippen molar-refractivity contribution in [1.29, 1.82) is 0 Å². The third kappa shape index (κ3) is 49.1. The molecular weight excluding hydrogens is 562 g/mol. The van der Waals surface area contributed by atoms with E-state index in [1.165, 1.54) is 141 Å². The molecule has 0 aromatic carbocycles. The molecule has 4 nitrogen and oxygen atoms in total. The molecule has 0 radical (unpaired) electrons. The van der Waals surface area contributed by atoms with E-state index in [0.717, 1.165) is 25.7 Å². The molecule has 0 aromatic rings. The van der Waals surface area contributed by atoms with Crippen molar-refractivity contribution < 1.29 is 39.3 Å². The number of carboxylic acids is 2. The van der Waals surface area contributed by atoms with Crippen LogP contribution >= 0.6 is 0 Å². The zero-order valence-corrected chi connectivity index (χ0v) is 30.5. The van der Waals surface area contributed by atoms with Gasteiger partial charge in [-0.2, -0.15) is 0 Å². The van der Waals surface area contributed by atoms with Crippen LogP contribution in [-0.2, 0) is 29.1 Å². The maximum Gasteiger partial charge on any atom is 0.303 e. The minimum Gasteiger partial charge on any atom is -0.481 e. The second-order valence-corrected chi connectivity index (χ2v) is 11.5. The topological polar surface area (TPSA) is 74.6 Å². The fourth-order valence-corrected chi connectivity index (χ4v) is 4.69. The molecule has 0 saturated carbocycles. The first-order chi connectivity index (χ1) is 19.5. The van der Waals surface area contributed by atoms with Crippen LogP contribution in [0.15, 0.2) is 24.3 Å². The molecule has 5 heteroatoms. The van der Waals surface area contributed by atoms with E-state index in [2.05, 4.69) is 38.2 Å². The molecule has 0 unspecified atom stereocenters. The Morgan fingerprint density at radius 1 is 0.390 bits per heavy atom. The Hall–Kier alpha value is -0.957. The third-order valence-electron chi connectivity index (χ3n) is 7.30. The number of hydrogen-bond acceptors (Lipinski definition) is 2. The van der Waals surface area contributed by atoms with Crippen LogP contribution in [0.2, 0.25) is 0 Å². The van der Waals surface area contributed by atoms with Crippen LogP contribution in [-0.4, -0.2) is 22.2 Å². The normalized spacial score (nSPS) is 11.0. The monoisotopic (exact) mass is 628 g/mol. The van der Waals surface area contributed by atoms with Crippen LogP contribution in [0.4, 0.5) is 0 Å². The third-order valence-corrected chi connectivity index (χ3v) is 7.30. The number of unbranched alkanes of at least 4 members (excludes halogenated alkanes) is 22. The molecule has 238 valence electrons. The van der Waals surface area contributed by atoms with E-state index in [1.54, 1.807) is 0 Å². The summed E-state index contributed by atoms with van der Waals surface area (Å²) in [4.78, 5) is 20.7. The Kier molecular flexibility index (Phi) is 44.7. The summed E-state index contributed by atoms with van der Waals surface area (Å²) in [5.74, 6) is -1.32. The van der Waals surface area contributed by atoms with Gasteiger partial charge >= 0.3 is 11.9 Å². The molecule has 0 rings (SSSR count). The summed E-state index contributed by atoms with van der Waals surface area (Å²) in [6.45, 7) is 4.50. The van der Waals surface area contributed by atoms with Crippen LogP contribution in [0.1, 0.15) is 194 Å². The van der Waals surface area contributed by atoms with E-state index in [0.29, 0.717) is 12.8 Å². The summed E-state index contributed by atoms with van der Waals surface area (Å²) >= 11 is 0. The van der Waals surface area contributed by atoms with Gasteiger partial charge in [0.25, 0.3) is 0 Å². The number of carbonyl (C=O) groups is 2. The number of hydrogen-bond donors (Lipinski definition) is 2. The number of allylic oxidation sites excluding steroid dienone is 4. The van der Waals surface area contributed by atoms with Crippen LogP contribution in [0.3, 0.4) is 0 Å². The molecule has 0 aliphatic rings. The quantitative estimate of drug-likeness (QED) is 0.0471. The van der Waals surface area contributed by atoms with Crippen molar-refractivity contribution in [3.8, 4) is 0 Å². The van der Waals surface area contributed by atoms with Crippen LogP contribution in [0.5, 0.6) is 0 Å². The van der Waals surface area contributed by atoms with Gasteiger partial charge in [0, 0.05) is 32.3 Å². The van der Waals surface area contributed by atoms with Gasteiger partial charge in [0.15, 0.2) is 0 Å². The van der Waals surface area contributed by atoms with Crippen molar-refractivity contribution in [2.24, 2.45) is 0 Å². The molecular formula is C36H68O4Zn. The Bertz CT molecular complexity index is 524. The van der Waals surface area contributed by atoms with Gasteiger partial charge in [-0.1, -0.05) is 141 Å². The first-order valence-electron chi connectivity index (χ1n) is 17.3. The van der Waals surface area contributed by atoms with Gasteiger partial charge in [0.2, 0.25) is 0 Å². The average molecular weight is 630 g/mol. The van der Waals surface area contributed by atoms with Gasteiger partial charge in [-0.3, -0.25) is 9.59 Å². The molecule has 41 heavy (non-hydrogen) atoms. The van der Waals surface area contributed by atoms with Crippen molar-refractivity contribution in [1.82, 2.24) is 0 Å². The average Bonchev–Trinajstić information content (AvgIpc) is 2.93. The molecule has 0 saturated heterocycles. The zero-order valence-electron chi connectivity index (χ0n) is 27.5. The molecule has 0 aromatic heterocycles. The minimum atomic E-state index is -0.661. The van der Waals surface area contributed by atoms with Crippen LogP contribution in [0.25, 0.3) is 0 Å². The van der Waals surface area contributed by atoms with Gasteiger partial charge < -0.3 is 10.2 Å². The summed E-state index contributed by atoms with van der Waals surface area (Å²) in [6, 6.07) is 0. The van der Waals surface area contributed by atoms with Gasteiger partial charge in [0.05, 0.1) is 0 Å². The molecule has 0 bridgehead atoms. The standard InChI is InChI=1S/2C18H34O2.Zn/c2*1-2-3-4-5-6-7-8-9-10-11-12-13-14-15-16-17-18(19)20;/h2*7-8H,2-6,9-17H2,1H3,(H,19,20);. The number of aliphatic carboxylic acids is 2. The van der Waals surface area contributed by atoms with Crippen molar-refractivity contribution in [2.75, 3.05) is 0 Å². The molecule has 0 aliphatic heterocycles. The summed E-state index contributed by atoms with van der Waals surface area (Å²) < 4.78 is 0. The second-order valence-electron chi connectivity index (χ2n) is 11.5. The van der Waals surface area contributed by atoms with E-state index in [-0.39, 0.29) is 19.5 Å². The van der Waals surface area contributed by atoms with E-state index in [9.17, 15) is 9.59 Å². The smallest absolute Gasteiger partial charge is 0.303 e. The largest absolute Gasteiger partial charge is 0.481 e. The minimum absolute atomic E-state index is 0. The van der Waals surface area contributed by atoms with Gasteiger partial charge in [-0.05, 0) is 64.2 Å². The molecule has 0 fully saturated rings. The van der Waals surface area contributed by atoms with Gasteiger partial charge in [-0.15, -0.1) is 0 Å². The van der Waals surface area contributed by atoms with Crippen LogP contribution in [0, 0.1) is 0 Å². The number of rotatable bonds is 30. The fourth-order valence-electron chi connectivity index (χ4n) is 4.69. The molecule has 0 amide bonds. The summed E-state index contributed by atoms with van der Waals surface area (Å²) in [7, 11) is 0. The molecule has 0 heterocycles. The van der Waals surface area contributed by atoms with E-state index >= 15 is 0 Å². The van der Waals surface area contributed by atoms with E-state index in [1.807, 2.05) is 0 Å². The van der Waals surface area contributed by atoms with Crippen molar-refractivity contribution >= 4 is 11.9 Å². The fraction of sp³-hybridized carbons (Fsp3) is 0.833. The SMILES string of the molecule is CCCCCCC=CCCCCCCCCCC(=O)O.CCCCCCC=CCCCCCCCCCC(=O)O.[Zn]. The van der Waals surface area contributed by atoms with E-state index in [4.69, 9.17) is 10.2 Å². The second kappa shape index (κ2) is 41.2. The van der Waals surface area contributed by atoms with Crippen molar-refractivity contribution in [3.05, 3.63) is 24.3 Å². The summed E-state index contributed by atoms with van der Waals surface area (Å²) in [5.41, 5.74) is 0. The zero-order chi connectivity index (χ0) is 29.8. The maximum atomic E-state index is 10.3. The molecule has 2 N–H and O–H groups in total. The molecule has 0 atom stereocenters.